The van der Waals surface area contributed by atoms with E-state index in [0.717, 1.165) is 6.20 Å². The fraction of sp³-hybridized carbons (Fsp3) is 0.167. The van der Waals surface area contributed by atoms with Gasteiger partial charge in [0.2, 0.25) is 0 Å². The molecule has 0 aliphatic carbocycles. The van der Waals surface area contributed by atoms with Crippen molar-refractivity contribution in [1.29, 1.82) is 0 Å². The summed E-state index contributed by atoms with van der Waals surface area (Å²) in [6, 6.07) is 0.586. The van der Waals surface area contributed by atoms with E-state index in [2.05, 4.69) is 0 Å². The van der Waals surface area contributed by atoms with Crippen LogP contribution >= 0.6 is 0 Å². The number of hydrogen-bond acceptors (Lipinski definition) is 4. The van der Waals surface area contributed by atoms with E-state index in [9.17, 15) is 32.3 Å². The molecule has 0 saturated heterocycles. The highest BCUT2D eigenvalue weighted by Crippen LogP contribution is 2.29. The first-order chi connectivity index (χ1) is 7.25. The lowest BCUT2D eigenvalue weighted by atomic mass is 10.4. The molecule has 1 heterocycles. The lowest BCUT2D eigenvalue weighted by molar-refractivity contribution is -0.389. The largest absolute Gasteiger partial charge is 0.476 e. The highest BCUT2D eigenvalue weighted by Gasteiger charge is 2.42. The summed E-state index contributed by atoms with van der Waals surface area (Å²) in [5.41, 5.74) is -7.85. The molecule has 88 valence electrons. The molecule has 0 radical (unpaired) electrons. The van der Waals surface area contributed by atoms with Gasteiger partial charge in [0.25, 0.3) is 0 Å². The first-order valence-corrected chi connectivity index (χ1v) is 4.75. The zero-order valence-electron chi connectivity index (χ0n) is 7.28. The molecule has 1 aromatic rings. The van der Waals surface area contributed by atoms with Crippen molar-refractivity contribution in [3.05, 3.63) is 32.7 Å². The molecule has 0 aliphatic heterocycles. The zero-order valence-corrected chi connectivity index (χ0v) is 8.09. The molecule has 0 spiro atoms. The van der Waals surface area contributed by atoms with Crippen LogP contribution in [0.4, 0.5) is 18.9 Å². The SMILES string of the molecule is O=c1[nH]ccc(S(=O)C(F)(F)F)c1[N+](=O)[O-]. The first-order valence-electron chi connectivity index (χ1n) is 3.60. The van der Waals surface area contributed by atoms with Crippen molar-refractivity contribution in [3.8, 4) is 0 Å². The number of hydrogen-bond donors (Lipinski definition) is 1. The van der Waals surface area contributed by atoms with Crippen molar-refractivity contribution in [2.45, 2.75) is 10.4 Å². The van der Waals surface area contributed by atoms with Crippen molar-refractivity contribution in [2.75, 3.05) is 0 Å². The highest BCUT2D eigenvalue weighted by molar-refractivity contribution is 7.86. The molecule has 1 atom stereocenters. The number of rotatable bonds is 2. The third-order valence-electron chi connectivity index (χ3n) is 1.49. The lowest BCUT2D eigenvalue weighted by Gasteiger charge is -2.05. The summed E-state index contributed by atoms with van der Waals surface area (Å²) in [6.45, 7) is 0. The fourth-order valence-electron chi connectivity index (χ4n) is 0.899. The molecule has 0 bridgehead atoms. The minimum absolute atomic E-state index is 0.586. The second-order valence-corrected chi connectivity index (χ2v) is 3.93. The summed E-state index contributed by atoms with van der Waals surface area (Å²) in [4.78, 5) is 20.6. The number of nitrogens with one attached hydrogen (secondary N) is 1. The molecule has 0 fully saturated rings. The van der Waals surface area contributed by atoms with Crippen LogP contribution in [0.3, 0.4) is 0 Å². The summed E-state index contributed by atoms with van der Waals surface area (Å²) in [7, 11) is -3.60. The van der Waals surface area contributed by atoms with Crippen LogP contribution in [0.25, 0.3) is 0 Å². The molecule has 0 saturated carbocycles. The molecular weight excluding hydrogens is 253 g/mol. The number of pyridine rings is 1. The number of halogens is 3. The Balaban J connectivity index is 3.47. The quantitative estimate of drug-likeness (QED) is 0.628. The molecular formula is C6H3F3N2O4S. The Kier molecular flexibility index (Phi) is 3.12. The van der Waals surface area contributed by atoms with E-state index >= 15 is 0 Å². The maximum absolute atomic E-state index is 12.1. The van der Waals surface area contributed by atoms with E-state index in [1.165, 1.54) is 0 Å². The summed E-state index contributed by atoms with van der Waals surface area (Å²) in [5.74, 6) is 0. The maximum Gasteiger partial charge on any atom is 0.476 e. The minimum atomic E-state index is -5.15. The molecule has 1 unspecified atom stereocenters. The van der Waals surface area contributed by atoms with Gasteiger partial charge in [-0.15, -0.1) is 0 Å². The second-order valence-electron chi connectivity index (χ2n) is 2.49. The average Bonchev–Trinajstić information content (AvgIpc) is 2.14. The number of alkyl halides is 3. The van der Waals surface area contributed by atoms with E-state index in [4.69, 9.17) is 0 Å². The number of aromatic nitrogens is 1. The molecule has 0 aromatic carbocycles. The summed E-state index contributed by atoms with van der Waals surface area (Å²) >= 11 is 0. The summed E-state index contributed by atoms with van der Waals surface area (Å²) < 4.78 is 47.1. The van der Waals surface area contributed by atoms with Crippen LogP contribution in [0.5, 0.6) is 0 Å². The van der Waals surface area contributed by atoms with Crippen LogP contribution < -0.4 is 5.56 Å². The highest BCUT2D eigenvalue weighted by atomic mass is 32.2. The van der Waals surface area contributed by atoms with Gasteiger partial charge < -0.3 is 4.98 Å². The molecule has 6 nitrogen and oxygen atoms in total. The molecule has 16 heavy (non-hydrogen) atoms. The summed E-state index contributed by atoms with van der Waals surface area (Å²) in [6.07, 6.45) is 0.758. The van der Waals surface area contributed by atoms with Gasteiger partial charge in [-0.05, 0) is 6.07 Å². The van der Waals surface area contributed by atoms with Crippen molar-refractivity contribution < 1.29 is 22.3 Å². The second kappa shape index (κ2) is 4.04. The van der Waals surface area contributed by atoms with Crippen molar-refractivity contribution >= 4 is 16.5 Å². The fourth-order valence-corrected chi connectivity index (χ4v) is 1.68. The molecule has 10 heteroatoms. The van der Waals surface area contributed by atoms with Crippen LogP contribution in [-0.4, -0.2) is 19.6 Å². The standard InChI is InChI=1S/C6H3F3N2O4S/c7-6(8,9)16(15)3-1-2-10-5(12)4(3)11(13)14/h1-2H,(H,10,12). The Morgan fingerprint density at radius 2 is 2.00 bits per heavy atom. The monoisotopic (exact) mass is 256 g/mol. The molecule has 1 N–H and O–H groups in total. The topological polar surface area (TPSA) is 93.1 Å². The molecule has 0 aliphatic rings. The lowest BCUT2D eigenvalue weighted by Crippen LogP contribution is -2.21. The molecule has 0 amide bonds. The average molecular weight is 256 g/mol. The van der Waals surface area contributed by atoms with Gasteiger partial charge in [-0.25, -0.2) is 4.21 Å². The third kappa shape index (κ3) is 2.27. The molecule has 1 rings (SSSR count). The van der Waals surface area contributed by atoms with Gasteiger partial charge in [0.15, 0.2) is 10.8 Å². The Morgan fingerprint density at radius 3 is 2.44 bits per heavy atom. The van der Waals surface area contributed by atoms with Gasteiger partial charge in [0, 0.05) is 6.20 Å². The van der Waals surface area contributed by atoms with Crippen molar-refractivity contribution in [2.24, 2.45) is 0 Å². The van der Waals surface area contributed by atoms with Crippen LogP contribution in [0, 0.1) is 10.1 Å². The first kappa shape index (κ1) is 12.4. The third-order valence-corrected chi connectivity index (χ3v) is 2.64. The van der Waals surface area contributed by atoms with Crippen LogP contribution in [0.1, 0.15) is 0 Å². The maximum atomic E-state index is 12.1. The van der Waals surface area contributed by atoms with Gasteiger partial charge in [0.1, 0.15) is 4.90 Å². The van der Waals surface area contributed by atoms with Gasteiger partial charge in [-0.2, -0.15) is 13.2 Å². The Hall–Kier alpha value is -1.71. The number of nitrogens with zero attached hydrogens (tertiary/aromatic N) is 1. The number of nitro groups is 1. The van der Waals surface area contributed by atoms with E-state index < -0.39 is 37.4 Å². The van der Waals surface area contributed by atoms with Gasteiger partial charge in [-0.3, -0.25) is 14.9 Å². The van der Waals surface area contributed by atoms with Gasteiger partial charge in [-0.1, -0.05) is 0 Å². The van der Waals surface area contributed by atoms with E-state index in [1.54, 1.807) is 0 Å². The van der Waals surface area contributed by atoms with E-state index in [0.29, 0.717) is 6.07 Å². The van der Waals surface area contributed by atoms with E-state index in [1.807, 2.05) is 4.98 Å². The van der Waals surface area contributed by atoms with Crippen LogP contribution in [0.15, 0.2) is 22.0 Å². The van der Waals surface area contributed by atoms with Crippen molar-refractivity contribution in [3.63, 3.8) is 0 Å². The number of aromatic amines is 1. The Bertz CT molecular complexity index is 509. The Morgan fingerprint density at radius 1 is 1.44 bits per heavy atom. The predicted octanol–water partition coefficient (Wildman–Crippen LogP) is 0.910. The zero-order chi connectivity index (χ0) is 12.5. The minimum Gasteiger partial charge on any atom is -0.323 e. The smallest absolute Gasteiger partial charge is 0.323 e. The van der Waals surface area contributed by atoms with Gasteiger partial charge >= 0.3 is 16.8 Å². The summed E-state index contributed by atoms with van der Waals surface area (Å²) in [5, 5.41) is 10.4. The predicted molar refractivity (Wildman–Crippen MR) is 46.2 cm³/mol. The van der Waals surface area contributed by atoms with Crippen molar-refractivity contribution in [1.82, 2.24) is 4.98 Å². The normalized spacial score (nSPS) is 13.4. The van der Waals surface area contributed by atoms with Crippen LogP contribution in [-0.2, 0) is 10.8 Å². The number of H-pyrrole nitrogens is 1. The Labute approximate surface area is 87.7 Å². The molecule has 1 aromatic heterocycles. The van der Waals surface area contributed by atoms with Gasteiger partial charge in [0.05, 0.1) is 4.92 Å². The van der Waals surface area contributed by atoms with Crippen LogP contribution in [0.2, 0.25) is 0 Å². The van der Waals surface area contributed by atoms with E-state index in [-0.39, 0.29) is 0 Å².